The Morgan fingerprint density at radius 2 is 1.54 bits per heavy atom. The third-order valence-corrected chi connectivity index (χ3v) is 9.52. The van der Waals surface area contributed by atoms with Crippen molar-refractivity contribution in [2.75, 3.05) is 0 Å². The first-order valence-corrected chi connectivity index (χ1v) is 13.8. The van der Waals surface area contributed by atoms with Crippen molar-refractivity contribution < 1.29 is 29.7 Å². The van der Waals surface area contributed by atoms with Crippen LogP contribution < -0.4 is 0 Å². The lowest BCUT2D eigenvalue weighted by molar-refractivity contribution is -0.168. The molecule has 3 rings (SSSR count). The zero-order valence-corrected chi connectivity index (χ0v) is 23.9. The van der Waals surface area contributed by atoms with Crippen molar-refractivity contribution in [3.63, 3.8) is 0 Å². The SMILES string of the molecule is CC[C@@H](C)C(=O)C1=C(O)[C@]2(C[C@H]3[C@@H](CC[C@@]3(C)O)[C@](C)(O)C2)C(=O)C(CC=C(C)C)(CC=C(C)C)C1=O. The first-order chi connectivity index (χ1) is 17.0. The standard InChI is InChI=1S/C31H46O6/c1-9-20(6)24(32)23-25(33)30(14-10-18(2)3,15-11-19(4)5)27(35)31(26(23)34)16-22-21(29(8,37)17-31)12-13-28(22,7)36/h10-11,20-22,34,36-37H,9,12-17H2,1-8H3/t20-,21-,22+,28-,29-,31-/m1/s1. The van der Waals surface area contributed by atoms with Gasteiger partial charge in [0.25, 0.3) is 0 Å². The summed E-state index contributed by atoms with van der Waals surface area (Å²) in [4.78, 5) is 42.7. The lowest BCUT2D eigenvalue weighted by Crippen LogP contribution is -2.62. The van der Waals surface area contributed by atoms with Gasteiger partial charge in [-0.3, -0.25) is 14.4 Å². The van der Waals surface area contributed by atoms with Crippen molar-refractivity contribution in [2.24, 2.45) is 28.6 Å². The molecule has 2 fully saturated rings. The summed E-state index contributed by atoms with van der Waals surface area (Å²) in [5, 5.41) is 34.8. The second-order valence-corrected chi connectivity index (χ2v) is 13.0. The molecule has 6 nitrogen and oxygen atoms in total. The molecule has 3 aliphatic carbocycles. The molecule has 0 bridgehead atoms. The van der Waals surface area contributed by atoms with Crippen LogP contribution in [0.4, 0.5) is 0 Å². The quantitative estimate of drug-likeness (QED) is 0.233. The number of carbonyl (C=O) groups is 3. The minimum absolute atomic E-state index is 0.0854. The number of aliphatic hydroxyl groups excluding tert-OH is 1. The Kier molecular flexibility index (Phi) is 7.91. The lowest BCUT2D eigenvalue weighted by Gasteiger charge is -2.55. The van der Waals surface area contributed by atoms with Gasteiger partial charge in [0.05, 0.1) is 16.6 Å². The average molecular weight is 515 g/mol. The van der Waals surface area contributed by atoms with Crippen LogP contribution in [-0.2, 0) is 14.4 Å². The summed E-state index contributed by atoms with van der Waals surface area (Å²) >= 11 is 0. The molecule has 6 atom stereocenters. The van der Waals surface area contributed by atoms with Crippen LogP contribution in [0.25, 0.3) is 0 Å². The zero-order chi connectivity index (χ0) is 28.1. The first kappa shape index (κ1) is 29.5. The van der Waals surface area contributed by atoms with E-state index in [9.17, 15) is 29.7 Å². The highest BCUT2D eigenvalue weighted by Crippen LogP contribution is 2.63. The van der Waals surface area contributed by atoms with Gasteiger partial charge in [-0.05, 0) is 98.3 Å². The van der Waals surface area contributed by atoms with Crippen molar-refractivity contribution >= 4 is 17.3 Å². The van der Waals surface area contributed by atoms with Crippen LogP contribution in [0.3, 0.4) is 0 Å². The predicted octanol–water partition coefficient (Wildman–Crippen LogP) is 5.57. The number of allylic oxidation sites excluding steroid dienone is 6. The molecule has 0 aliphatic heterocycles. The normalized spacial score (nSPS) is 35.8. The molecule has 3 N–H and O–H groups in total. The summed E-state index contributed by atoms with van der Waals surface area (Å²) in [6, 6.07) is 0. The average Bonchev–Trinajstić information content (AvgIpc) is 3.11. The maximum absolute atomic E-state index is 14.8. The molecule has 1 spiro atoms. The van der Waals surface area contributed by atoms with Crippen LogP contribution in [0.1, 0.15) is 100 Å². The molecule has 3 aliphatic rings. The third-order valence-electron chi connectivity index (χ3n) is 9.52. The maximum Gasteiger partial charge on any atom is 0.184 e. The third kappa shape index (κ3) is 4.80. The monoisotopic (exact) mass is 514 g/mol. The van der Waals surface area contributed by atoms with E-state index in [-0.39, 0.29) is 37.2 Å². The molecule has 206 valence electrons. The molecule has 2 saturated carbocycles. The van der Waals surface area contributed by atoms with Gasteiger partial charge in [-0.15, -0.1) is 0 Å². The largest absolute Gasteiger partial charge is 0.510 e. The maximum atomic E-state index is 14.8. The number of hydrogen-bond donors (Lipinski definition) is 3. The molecule has 0 saturated heterocycles. The van der Waals surface area contributed by atoms with Crippen molar-refractivity contribution in [3.8, 4) is 0 Å². The van der Waals surface area contributed by atoms with E-state index < -0.39 is 57.0 Å². The summed E-state index contributed by atoms with van der Waals surface area (Å²) in [6.07, 6.45) is 5.50. The Hall–Kier alpha value is -2.05. The van der Waals surface area contributed by atoms with Crippen LogP contribution in [0, 0.1) is 28.6 Å². The topological polar surface area (TPSA) is 112 Å². The molecule has 6 heteroatoms. The van der Waals surface area contributed by atoms with E-state index in [4.69, 9.17) is 0 Å². The van der Waals surface area contributed by atoms with Crippen LogP contribution in [0.5, 0.6) is 0 Å². The summed E-state index contributed by atoms with van der Waals surface area (Å²) in [6.45, 7) is 14.5. The van der Waals surface area contributed by atoms with Gasteiger partial charge < -0.3 is 15.3 Å². The second kappa shape index (κ2) is 9.92. The lowest BCUT2D eigenvalue weighted by atomic mass is 9.48. The minimum Gasteiger partial charge on any atom is -0.510 e. The number of fused-ring (bicyclic) bond motifs is 1. The minimum atomic E-state index is -1.63. The van der Waals surface area contributed by atoms with Gasteiger partial charge in [0.15, 0.2) is 17.3 Å². The molecule has 0 aromatic rings. The van der Waals surface area contributed by atoms with Gasteiger partial charge >= 0.3 is 0 Å². The Balaban J connectivity index is 2.37. The highest BCUT2D eigenvalue weighted by Gasteiger charge is 2.69. The van der Waals surface area contributed by atoms with E-state index in [1.54, 1.807) is 20.8 Å². The summed E-state index contributed by atoms with van der Waals surface area (Å²) < 4.78 is 0. The summed E-state index contributed by atoms with van der Waals surface area (Å²) in [5.74, 6) is -3.25. The van der Waals surface area contributed by atoms with Crippen LogP contribution in [-0.4, -0.2) is 43.9 Å². The molecule has 0 aromatic carbocycles. The summed E-state index contributed by atoms with van der Waals surface area (Å²) in [5.41, 5.74) is -4.11. The van der Waals surface area contributed by atoms with Crippen LogP contribution >= 0.6 is 0 Å². The number of aliphatic hydroxyl groups is 3. The van der Waals surface area contributed by atoms with Gasteiger partial charge in [0.2, 0.25) is 0 Å². The Labute approximate surface area is 221 Å². The Morgan fingerprint density at radius 1 is 1.00 bits per heavy atom. The highest BCUT2D eigenvalue weighted by atomic mass is 16.3. The van der Waals surface area contributed by atoms with E-state index in [2.05, 4.69) is 0 Å². The molecular weight excluding hydrogens is 468 g/mol. The Bertz CT molecular complexity index is 1040. The molecule has 0 radical (unpaired) electrons. The number of ketones is 3. The van der Waals surface area contributed by atoms with E-state index >= 15 is 0 Å². The second-order valence-electron chi connectivity index (χ2n) is 13.0. The van der Waals surface area contributed by atoms with E-state index in [1.165, 1.54) is 0 Å². The number of carbonyl (C=O) groups excluding carboxylic acids is 3. The smallest absolute Gasteiger partial charge is 0.184 e. The molecule has 0 heterocycles. The Morgan fingerprint density at radius 3 is 2.03 bits per heavy atom. The van der Waals surface area contributed by atoms with Gasteiger partial charge in [0.1, 0.15) is 16.7 Å². The fourth-order valence-electron chi connectivity index (χ4n) is 7.04. The van der Waals surface area contributed by atoms with Crippen molar-refractivity contribution in [1.29, 1.82) is 0 Å². The number of rotatable bonds is 7. The fraction of sp³-hybridized carbons (Fsp3) is 0.710. The van der Waals surface area contributed by atoms with Gasteiger partial charge in [0, 0.05) is 5.92 Å². The van der Waals surface area contributed by atoms with Crippen molar-refractivity contribution in [3.05, 3.63) is 34.6 Å². The van der Waals surface area contributed by atoms with Crippen LogP contribution in [0.15, 0.2) is 34.6 Å². The fourth-order valence-corrected chi connectivity index (χ4v) is 7.04. The summed E-state index contributed by atoms with van der Waals surface area (Å²) in [7, 11) is 0. The molecular formula is C31H46O6. The first-order valence-electron chi connectivity index (χ1n) is 13.8. The molecule has 0 aromatic heterocycles. The van der Waals surface area contributed by atoms with Gasteiger partial charge in [-0.1, -0.05) is 37.1 Å². The van der Waals surface area contributed by atoms with E-state index in [1.807, 2.05) is 46.8 Å². The highest BCUT2D eigenvalue weighted by molar-refractivity contribution is 6.31. The number of hydrogen-bond acceptors (Lipinski definition) is 6. The predicted molar refractivity (Wildman–Crippen MR) is 144 cm³/mol. The molecule has 37 heavy (non-hydrogen) atoms. The molecule has 0 amide bonds. The van der Waals surface area contributed by atoms with Crippen molar-refractivity contribution in [2.45, 2.75) is 112 Å². The van der Waals surface area contributed by atoms with Gasteiger partial charge in [-0.2, -0.15) is 0 Å². The van der Waals surface area contributed by atoms with Gasteiger partial charge in [-0.25, -0.2) is 0 Å². The zero-order valence-electron chi connectivity index (χ0n) is 23.9. The van der Waals surface area contributed by atoms with E-state index in [0.717, 1.165) is 11.1 Å². The molecule has 0 unspecified atom stereocenters. The van der Waals surface area contributed by atoms with Crippen molar-refractivity contribution in [1.82, 2.24) is 0 Å². The van der Waals surface area contributed by atoms with Crippen LogP contribution in [0.2, 0.25) is 0 Å². The number of Topliss-reactive ketones (excluding diaryl/α,β-unsaturated/α-hetero) is 3. The van der Waals surface area contributed by atoms with E-state index in [0.29, 0.717) is 19.3 Å².